The minimum Gasteiger partial charge on any atom is -0.493 e. The first-order chi connectivity index (χ1) is 14.0. The molecule has 0 spiro atoms. The average molecular weight is 526 g/mol. The summed E-state index contributed by atoms with van der Waals surface area (Å²) in [6.45, 7) is 3.73. The highest BCUT2D eigenvalue weighted by Crippen LogP contribution is 2.27. The van der Waals surface area contributed by atoms with Crippen LogP contribution in [-0.2, 0) is 13.1 Å². The van der Waals surface area contributed by atoms with E-state index in [1.54, 1.807) is 33.2 Å². The Bertz CT molecular complexity index is 839. The van der Waals surface area contributed by atoms with Crippen molar-refractivity contribution in [1.82, 2.24) is 15.5 Å². The number of nitrogens with zero attached hydrogens (tertiary/aromatic N) is 2. The number of amides is 1. The van der Waals surface area contributed by atoms with Crippen molar-refractivity contribution in [3.8, 4) is 11.5 Å². The molecule has 8 heteroatoms. The fraction of sp³-hybridized carbons (Fsp3) is 0.364. The molecule has 2 aromatic rings. The van der Waals surface area contributed by atoms with Gasteiger partial charge in [0.2, 0.25) is 0 Å². The summed E-state index contributed by atoms with van der Waals surface area (Å²) >= 11 is 0. The third-order valence-corrected chi connectivity index (χ3v) is 4.28. The van der Waals surface area contributed by atoms with E-state index in [0.29, 0.717) is 37.0 Å². The van der Waals surface area contributed by atoms with Crippen molar-refractivity contribution in [3.63, 3.8) is 0 Å². The van der Waals surface area contributed by atoms with Gasteiger partial charge in [-0.25, -0.2) is 0 Å². The molecule has 0 fully saturated rings. The van der Waals surface area contributed by atoms with Crippen molar-refractivity contribution in [1.29, 1.82) is 0 Å². The van der Waals surface area contributed by atoms with Gasteiger partial charge in [-0.3, -0.25) is 9.79 Å². The Hall–Kier alpha value is -2.49. The maximum Gasteiger partial charge on any atom is 0.253 e. The summed E-state index contributed by atoms with van der Waals surface area (Å²) in [6, 6.07) is 13.4. The molecule has 0 aliphatic rings. The number of hydrogen-bond acceptors (Lipinski definition) is 4. The van der Waals surface area contributed by atoms with E-state index < -0.39 is 0 Å². The number of carbonyl (C=O) groups is 1. The third kappa shape index (κ3) is 7.40. The van der Waals surface area contributed by atoms with E-state index in [4.69, 9.17) is 9.47 Å². The molecule has 0 unspecified atom stereocenters. The summed E-state index contributed by atoms with van der Waals surface area (Å²) in [5, 5.41) is 6.56. The quantitative estimate of drug-likeness (QED) is 0.314. The molecule has 0 aliphatic carbocycles. The Kier molecular flexibility index (Phi) is 11.0. The van der Waals surface area contributed by atoms with Crippen molar-refractivity contribution in [3.05, 3.63) is 59.2 Å². The van der Waals surface area contributed by atoms with Crippen molar-refractivity contribution in [2.24, 2.45) is 4.99 Å². The monoisotopic (exact) mass is 526 g/mol. The number of carbonyl (C=O) groups excluding carboxylic acids is 1. The van der Waals surface area contributed by atoms with Crippen LogP contribution in [0.4, 0.5) is 0 Å². The van der Waals surface area contributed by atoms with Gasteiger partial charge in [-0.2, -0.15) is 0 Å². The van der Waals surface area contributed by atoms with Crippen LogP contribution in [0.15, 0.2) is 47.5 Å². The Labute approximate surface area is 195 Å². The zero-order chi connectivity index (χ0) is 21.2. The maximum absolute atomic E-state index is 12.0. The highest BCUT2D eigenvalue weighted by atomic mass is 127. The van der Waals surface area contributed by atoms with E-state index in [2.05, 4.69) is 15.6 Å². The van der Waals surface area contributed by atoms with E-state index in [-0.39, 0.29) is 29.9 Å². The standard InChI is InChI=1S/C22H30N4O3.HI/c1-6-29-19-12-9-17(13-20(19)28-5)15-25-22(23-2)24-14-16-7-10-18(11-8-16)21(27)26(3)4;/h7-13H,6,14-15H2,1-5H3,(H2,23,24,25);1H. The number of halogens is 1. The fourth-order valence-electron chi connectivity index (χ4n) is 2.71. The molecular formula is C22H31IN4O3. The second-order valence-corrected chi connectivity index (χ2v) is 6.59. The molecule has 2 rings (SSSR count). The molecule has 0 radical (unpaired) electrons. The molecule has 2 aromatic carbocycles. The lowest BCUT2D eigenvalue weighted by Crippen LogP contribution is -2.36. The van der Waals surface area contributed by atoms with Crippen molar-refractivity contribution < 1.29 is 14.3 Å². The zero-order valence-corrected chi connectivity index (χ0v) is 20.5. The van der Waals surface area contributed by atoms with E-state index >= 15 is 0 Å². The van der Waals surface area contributed by atoms with Crippen LogP contribution < -0.4 is 20.1 Å². The first-order valence-electron chi connectivity index (χ1n) is 9.53. The summed E-state index contributed by atoms with van der Waals surface area (Å²) < 4.78 is 10.9. The Balaban J connectivity index is 0.00000450. The van der Waals surface area contributed by atoms with Gasteiger partial charge in [0.25, 0.3) is 5.91 Å². The second kappa shape index (κ2) is 12.9. The van der Waals surface area contributed by atoms with Crippen LogP contribution in [0.5, 0.6) is 11.5 Å². The minimum atomic E-state index is -0.00670. The molecule has 164 valence electrons. The van der Waals surface area contributed by atoms with Crippen LogP contribution in [0.1, 0.15) is 28.4 Å². The van der Waals surface area contributed by atoms with Crippen molar-refractivity contribution in [2.45, 2.75) is 20.0 Å². The third-order valence-electron chi connectivity index (χ3n) is 4.28. The molecule has 1 amide bonds. The van der Waals surface area contributed by atoms with Crippen molar-refractivity contribution >= 4 is 35.8 Å². The average Bonchev–Trinajstić information content (AvgIpc) is 2.74. The molecule has 0 saturated carbocycles. The van der Waals surface area contributed by atoms with Crippen LogP contribution in [0.25, 0.3) is 0 Å². The van der Waals surface area contributed by atoms with Crippen LogP contribution in [0, 0.1) is 0 Å². The minimum absolute atomic E-state index is 0. The number of rotatable bonds is 8. The first-order valence-corrected chi connectivity index (χ1v) is 9.53. The largest absolute Gasteiger partial charge is 0.493 e. The number of ether oxygens (including phenoxy) is 2. The van der Waals surface area contributed by atoms with Gasteiger partial charge in [0.1, 0.15) is 0 Å². The molecule has 2 N–H and O–H groups in total. The van der Waals surface area contributed by atoms with E-state index in [1.807, 2.05) is 49.4 Å². The van der Waals surface area contributed by atoms with E-state index in [9.17, 15) is 4.79 Å². The van der Waals surface area contributed by atoms with Crippen LogP contribution in [0.3, 0.4) is 0 Å². The Morgan fingerprint density at radius 1 is 1.00 bits per heavy atom. The molecule has 0 atom stereocenters. The second-order valence-electron chi connectivity index (χ2n) is 6.59. The number of guanidine groups is 1. The number of benzene rings is 2. The first kappa shape index (κ1) is 25.5. The summed E-state index contributed by atoms with van der Waals surface area (Å²) in [4.78, 5) is 17.8. The van der Waals surface area contributed by atoms with Gasteiger partial charge < -0.3 is 25.0 Å². The summed E-state index contributed by atoms with van der Waals surface area (Å²) in [7, 11) is 6.85. The van der Waals surface area contributed by atoms with Gasteiger partial charge in [0.05, 0.1) is 13.7 Å². The van der Waals surface area contributed by atoms with Crippen LogP contribution in [0.2, 0.25) is 0 Å². The van der Waals surface area contributed by atoms with Gasteiger partial charge in [-0.05, 0) is 42.3 Å². The van der Waals surface area contributed by atoms with E-state index in [1.165, 1.54) is 0 Å². The van der Waals surface area contributed by atoms with Gasteiger partial charge in [-0.15, -0.1) is 24.0 Å². The molecule has 0 heterocycles. The molecule has 0 saturated heterocycles. The van der Waals surface area contributed by atoms with Gasteiger partial charge in [0, 0.05) is 39.8 Å². The lowest BCUT2D eigenvalue weighted by Gasteiger charge is -2.14. The highest BCUT2D eigenvalue weighted by molar-refractivity contribution is 14.0. The maximum atomic E-state index is 12.0. The normalized spacial score (nSPS) is 10.6. The SMILES string of the molecule is CCOc1ccc(CNC(=NC)NCc2ccc(C(=O)N(C)C)cc2)cc1OC.I. The fourth-order valence-corrected chi connectivity index (χ4v) is 2.71. The topological polar surface area (TPSA) is 75.2 Å². The lowest BCUT2D eigenvalue weighted by molar-refractivity contribution is 0.0827. The van der Waals surface area contributed by atoms with Crippen molar-refractivity contribution in [2.75, 3.05) is 34.9 Å². The molecule has 0 aromatic heterocycles. The predicted molar refractivity (Wildman–Crippen MR) is 131 cm³/mol. The molecule has 0 bridgehead atoms. The summed E-state index contributed by atoms with van der Waals surface area (Å²) in [6.07, 6.45) is 0. The zero-order valence-electron chi connectivity index (χ0n) is 18.2. The smallest absolute Gasteiger partial charge is 0.253 e. The highest BCUT2D eigenvalue weighted by Gasteiger charge is 2.08. The van der Waals surface area contributed by atoms with Gasteiger partial charge >= 0.3 is 0 Å². The van der Waals surface area contributed by atoms with Crippen LogP contribution >= 0.6 is 24.0 Å². The predicted octanol–water partition coefficient (Wildman–Crippen LogP) is 3.28. The lowest BCUT2D eigenvalue weighted by atomic mass is 10.1. The van der Waals surface area contributed by atoms with Gasteiger partial charge in [0.15, 0.2) is 17.5 Å². The number of methoxy groups -OCH3 is 1. The van der Waals surface area contributed by atoms with E-state index in [0.717, 1.165) is 16.9 Å². The number of hydrogen-bond donors (Lipinski definition) is 2. The van der Waals surface area contributed by atoms with Crippen LogP contribution in [-0.4, -0.2) is 51.6 Å². The Morgan fingerprint density at radius 2 is 1.60 bits per heavy atom. The summed E-state index contributed by atoms with van der Waals surface area (Å²) in [5.74, 6) is 2.12. The summed E-state index contributed by atoms with van der Waals surface area (Å²) in [5.41, 5.74) is 2.79. The molecule has 0 aliphatic heterocycles. The Morgan fingerprint density at radius 3 is 2.13 bits per heavy atom. The number of nitrogens with one attached hydrogen (secondary N) is 2. The van der Waals surface area contributed by atoms with Gasteiger partial charge in [-0.1, -0.05) is 18.2 Å². The molecule has 7 nitrogen and oxygen atoms in total. The molecular weight excluding hydrogens is 495 g/mol. The number of aliphatic imine (C=N–C) groups is 1. The molecule has 30 heavy (non-hydrogen) atoms.